The molecule has 32 heavy (non-hydrogen) atoms. The standard InChI is InChI=1S/C23H33FN4O4/c1-23(2,3)32-22(31)28-10-8-17(9-11-28)16-20(29)26-12-14-27(15-13-26)21(30)25-19-6-4-18(24)5-7-19/h4-7,17H,8-16H2,1-3H3,(H,25,30). The molecular weight excluding hydrogens is 415 g/mol. The van der Waals surface area contributed by atoms with Gasteiger partial charge in [-0.05, 0) is 63.8 Å². The largest absolute Gasteiger partial charge is 0.444 e. The Labute approximate surface area is 188 Å². The third kappa shape index (κ3) is 6.83. The van der Waals surface area contributed by atoms with Crippen LogP contribution in [0, 0.1) is 11.7 Å². The number of nitrogens with zero attached hydrogens (tertiary/aromatic N) is 3. The Morgan fingerprint density at radius 1 is 0.938 bits per heavy atom. The topological polar surface area (TPSA) is 82.2 Å². The van der Waals surface area contributed by atoms with Gasteiger partial charge in [0.05, 0.1) is 0 Å². The van der Waals surface area contributed by atoms with Crippen molar-refractivity contribution in [1.82, 2.24) is 14.7 Å². The number of ether oxygens (including phenoxy) is 1. The van der Waals surface area contributed by atoms with E-state index in [1.165, 1.54) is 24.3 Å². The van der Waals surface area contributed by atoms with Gasteiger partial charge in [-0.15, -0.1) is 0 Å². The third-order valence-electron chi connectivity index (χ3n) is 5.74. The highest BCUT2D eigenvalue weighted by Gasteiger charge is 2.30. The zero-order chi connectivity index (χ0) is 23.3. The quantitative estimate of drug-likeness (QED) is 0.767. The van der Waals surface area contributed by atoms with Crippen LogP contribution < -0.4 is 5.32 Å². The van der Waals surface area contributed by atoms with Crippen LogP contribution in [0.2, 0.25) is 0 Å². The monoisotopic (exact) mass is 448 g/mol. The lowest BCUT2D eigenvalue weighted by Crippen LogP contribution is -2.52. The average molecular weight is 449 g/mol. The summed E-state index contributed by atoms with van der Waals surface area (Å²) in [7, 11) is 0. The van der Waals surface area contributed by atoms with Gasteiger partial charge in [-0.1, -0.05) is 0 Å². The molecule has 2 heterocycles. The summed E-state index contributed by atoms with van der Waals surface area (Å²) >= 11 is 0. The van der Waals surface area contributed by atoms with Crippen molar-refractivity contribution in [1.29, 1.82) is 0 Å². The first kappa shape index (κ1) is 23.8. The maximum absolute atomic E-state index is 13.0. The smallest absolute Gasteiger partial charge is 0.410 e. The number of benzene rings is 1. The van der Waals surface area contributed by atoms with Gasteiger partial charge in [-0.25, -0.2) is 14.0 Å². The van der Waals surface area contributed by atoms with E-state index in [0.29, 0.717) is 51.4 Å². The van der Waals surface area contributed by atoms with Crippen LogP contribution in [0.3, 0.4) is 0 Å². The number of nitrogens with one attached hydrogen (secondary N) is 1. The van der Waals surface area contributed by atoms with Crippen molar-refractivity contribution in [2.24, 2.45) is 5.92 Å². The number of halogens is 1. The highest BCUT2D eigenvalue weighted by atomic mass is 19.1. The molecule has 1 N–H and O–H groups in total. The molecule has 8 nitrogen and oxygen atoms in total. The molecule has 0 saturated carbocycles. The SMILES string of the molecule is CC(C)(C)OC(=O)N1CCC(CC(=O)N2CCN(C(=O)Nc3ccc(F)cc3)CC2)CC1. The molecule has 3 rings (SSSR count). The summed E-state index contributed by atoms with van der Waals surface area (Å²) < 4.78 is 18.4. The van der Waals surface area contributed by atoms with Crippen molar-refractivity contribution in [3.05, 3.63) is 30.1 Å². The summed E-state index contributed by atoms with van der Waals surface area (Å²) in [6.45, 7) is 8.65. The Bertz CT molecular complexity index is 808. The Morgan fingerprint density at radius 2 is 1.50 bits per heavy atom. The van der Waals surface area contributed by atoms with E-state index in [4.69, 9.17) is 4.74 Å². The molecule has 2 fully saturated rings. The molecule has 1 aromatic carbocycles. The van der Waals surface area contributed by atoms with Crippen LogP contribution in [-0.4, -0.2) is 77.6 Å². The third-order valence-corrected chi connectivity index (χ3v) is 5.74. The minimum atomic E-state index is -0.512. The molecule has 0 unspecified atom stereocenters. The van der Waals surface area contributed by atoms with Gasteiger partial charge < -0.3 is 24.8 Å². The summed E-state index contributed by atoms with van der Waals surface area (Å²) in [6.07, 6.45) is 1.73. The summed E-state index contributed by atoms with van der Waals surface area (Å²) in [5.74, 6) is -0.00839. The number of carbonyl (C=O) groups is 3. The predicted molar refractivity (Wildman–Crippen MR) is 119 cm³/mol. The van der Waals surface area contributed by atoms with E-state index in [1.807, 2.05) is 25.7 Å². The highest BCUT2D eigenvalue weighted by molar-refractivity contribution is 5.89. The lowest BCUT2D eigenvalue weighted by molar-refractivity contribution is -0.133. The first-order chi connectivity index (χ1) is 15.1. The van der Waals surface area contributed by atoms with E-state index in [9.17, 15) is 18.8 Å². The Hall–Kier alpha value is -2.84. The van der Waals surface area contributed by atoms with E-state index in [0.717, 1.165) is 12.8 Å². The molecule has 176 valence electrons. The number of carbonyl (C=O) groups excluding carboxylic acids is 3. The molecule has 0 aliphatic carbocycles. The number of amides is 4. The van der Waals surface area contributed by atoms with E-state index >= 15 is 0 Å². The van der Waals surface area contributed by atoms with Crippen molar-refractivity contribution in [2.45, 2.75) is 45.6 Å². The van der Waals surface area contributed by atoms with E-state index in [-0.39, 0.29) is 29.8 Å². The lowest BCUT2D eigenvalue weighted by atomic mass is 9.93. The first-order valence-electron chi connectivity index (χ1n) is 11.2. The molecule has 0 spiro atoms. The number of hydrogen-bond donors (Lipinski definition) is 1. The molecule has 0 aromatic heterocycles. The number of urea groups is 1. The van der Waals surface area contributed by atoms with Crippen LogP contribution in [0.25, 0.3) is 0 Å². The van der Waals surface area contributed by atoms with Crippen LogP contribution in [0.1, 0.15) is 40.0 Å². The summed E-state index contributed by atoms with van der Waals surface area (Å²) in [6, 6.07) is 5.37. The van der Waals surface area contributed by atoms with Gasteiger partial charge in [0.25, 0.3) is 0 Å². The first-order valence-corrected chi connectivity index (χ1v) is 11.2. The van der Waals surface area contributed by atoms with Gasteiger partial charge in [0.2, 0.25) is 5.91 Å². The van der Waals surface area contributed by atoms with E-state index in [2.05, 4.69) is 5.32 Å². The fraction of sp³-hybridized carbons (Fsp3) is 0.609. The number of rotatable bonds is 3. The van der Waals surface area contributed by atoms with Gasteiger partial charge >= 0.3 is 12.1 Å². The van der Waals surface area contributed by atoms with Crippen molar-refractivity contribution in [2.75, 3.05) is 44.6 Å². The fourth-order valence-electron chi connectivity index (χ4n) is 3.92. The van der Waals surface area contributed by atoms with Crippen LogP contribution in [-0.2, 0) is 9.53 Å². The van der Waals surface area contributed by atoms with Crippen molar-refractivity contribution >= 4 is 23.7 Å². The minimum absolute atomic E-state index is 0.0966. The normalized spacial score (nSPS) is 17.8. The van der Waals surface area contributed by atoms with Crippen molar-refractivity contribution in [3.8, 4) is 0 Å². The number of hydrogen-bond acceptors (Lipinski definition) is 4. The molecule has 9 heteroatoms. The highest BCUT2D eigenvalue weighted by Crippen LogP contribution is 2.23. The molecule has 2 aliphatic heterocycles. The van der Waals surface area contributed by atoms with E-state index < -0.39 is 5.60 Å². The Balaban J connectivity index is 1.38. The van der Waals surface area contributed by atoms with E-state index in [1.54, 1.807) is 9.80 Å². The maximum Gasteiger partial charge on any atom is 0.410 e. The van der Waals surface area contributed by atoms with Crippen LogP contribution in [0.5, 0.6) is 0 Å². The van der Waals surface area contributed by atoms with Gasteiger partial charge in [0.15, 0.2) is 0 Å². The van der Waals surface area contributed by atoms with Crippen molar-refractivity contribution < 1.29 is 23.5 Å². The number of piperazine rings is 1. The molecule has 0 radical (unpaired) electrons. The average Bonchev–Trinajstić information content (AvgIpc) is 2.74. The second kappa shape index (κ2) is 10.2. The molecule has 1 aromatic rings. The lowest BCUT2D eigenvalue weighted by Gasteiger charge is -2.37. The number of likely N-dealkylation sites (tertiary alicyclic amines) is 1. The predicted octanol–water partition coefficient (Wildman–Crippen LogP) is 3.54. The van der Waals surface area contributed by atoms with Gasteiger partial charge in [-0.3, -0.25) is 4.79 Å². The molecule has 0 atom stereocenters. The van der Waals surface area contributed by atoms with Crippen LogP contribution in [0.15, 0.2) is 24.3 Å². The second-order valence-electron chi connectivity index (χ2n) is 9.42. The molecular formula is C23H33FN4O4. The fourth-order valence-corrected chi connectivity index (χ4v) is 3.92. The summed E-state index contributed by atoms with van der Waals surface area (Å²) in [5.41, 5.74) is 0.0229. The number of anilines is 1. The second-order valence-corrected chi connectivity index (χ2v) is 9.42. The Kier molecular flexibility index (Phi) is 7.58. The molecule has 2 saturated heterocycles. The minimum Gasteiger partial charge on any atom is -0.444 e. The molecule has 0 bridgehead atoms. The van der Waals surface area contributed by atoms with Crippen LogP contribution in [0.4, 0.5) is 19.7 Å². The molecule has 2 aliphatic rings. The van der Waals surface area contributed by atoms with Crippen molar-refractivity contribution in [3.63, 3.8) is 0 Å². The molecule has 4 amide bonds. The summed E-state index contributed by atoms with van der Waals surface area (Å²) in [5, 5.41) is 2.75. The zero-order valence-corrected chi connectivity index (χ0v) is 19.1. The summed E-state index contributed by atoms with van der Waals surface area (Å²) in [4.78, 5) is 42.5. The maximum atomic E-state index is 13.0. The zero-order valence-electron chi connectivity index (χ0n) is 19.1. The number of piperidine rings is 1. The van der Waals surface area contributed by atoms with Gasteiger partial charge in [-0.2, -0.15) is 0 Å². The Morgan fingerprint density at radius 3 is 2.06 bits per heavy atom. The van der Waals surface area contributed by atoms with Gasteiger partial charge in [0, 0.05) is 51.4 Å². The van der Waals surface area contributed by atoms with Gasteiger partial charge in [0.1, 0.15) is 11.4 Å². The van der Waals surface area contributed by atoms with Crippen LogP contribution >= 0.6 is 0 Å².